The summed E-state index contributed by atoms with van der Waals surface area (Å²) < 4.78 is 16.3. The van der Waals surface area contributed by atoms with E-state index < -0.39 is 0 Å². The molecule has 3 rings (SSSR count). The van der Waals surface area contributed by atoms with E-state index in [4.69, 9.17) is 25.5 Å². The van der Waals surface area contributed by atoms with Crippen molar-refractivity contribution >= 4 is 17.5 Å². The Bertz CT molecular complexity index is 703. The molecule has 0 unspecified atom stereocenters. The van der Waals surface area contributed by atoms with Crippen LogP contribution in [0.2, 0.25) is 5.02 Å². The molecule has 1 aliphatic rings. The minimum atomic E-state index is -0.0717. The first-order chi connectivity index (χ1) is 11.6. The van der Waals surface area contributed by atoms with Gasteiger partial charge in [-0.2, -0.15) is 0 Å². The van der Waals surface area contributed by atoms with Crippen LogP contribution in [0.5, 0.6) is 11.5 Å². The summed E-state index contributed by atoms with van der Waals surface area (Å²) in [6.07, 6.45) is 1.58. The molecule has 6 nitrogen and oxygen atoms in total. The maximum absolute atomic E-state index is 12.0. The topological polar surface area (TPSA) is 63.9 Å². The van der Waals surface area contributed by atoms with Gasteiger partial charge in [-0.1, -0.05) is 11.6 Å². The quantitative estimate of drug-likeness (QED) is 0.867. The lowest BCUT2D eigenvalue weighted by molar-refractivity contribution is -0.122. The summed E-state index contributed by atoms with van der Waals surface area (Å²) >= 11 is 6.23. The third-order valence-corrected chi connectivity index (χ3v) is 3.84. The summed E-state index contributed by atoms with van der Waals surface area (Å²) in [6.45, 7) is 2.24. The molecule has 0 atom stereocenters. The molecular weight excluding hydrogens is 332 g/mol. The highest BCUT2D eigenvalue weighted by molar-refractivity contribution is 6.32. The molecule has 1 aliphatic heterocycles. The highest BCUT2D eigenvalue weighted by atomic mass is 35.5. The van der Waals surface area contributed by atoms with Crippen molar-refractivity contribution in [2.24, 2.45) is 0 Å². The van der Waals surface area contributed by atoms with Gasteiger partial charge in [0.05, 0.1) is 24.4 Å². The second-order valence-corrected chi connectivity index (χ2v) is 6.04. The van der Waals surface area contributed by atoms with E-state index in [-0.39, 0.29) is 12.5 Å². The first-order valence-electron chi connectivity index (χ1n) is 7.67. The Morgan fingerprint density at radius 2 is 2.17 bits per heavy atom. The van der Waals surface area contributed by atoms with Gasteiger partial charge in [-0.25, -0.2) is 0 Å². The second kappa shape index (κ2) is 7.59. The zero-order chi connectivity index (χ0) is 16.9. The molecule has 0 radical (unpaired) electrons. The fourth-order valence-electron chi connectivity index (χ4n) is 2.52. The highest BCUT2D eigenvalue weighted by Crippen LogP contribution is 2.38. The lowest BCUT2D eigenvalue weighted by atomic mass is 10.2. The SMILES string of the molecule is CN(CC(=O)NCc1ccco1)Cc1cc(Cl)c2c(c1)OCCO2. The van der Waals surface area contributed by atoms with Gasteiger partial charge in [-0.15, -0.1) is 0 Å². The number of furan rings is 1. The van der Waals surface area contributed by atoms with Gasteiger partial charge in [0.1, 0.15) is 19.0 Å². The minimum absolute atomic E-state index is 0.0717. The van der Waals surface area contributed by atoms with E-state index in [1.165, 1.54) is 0 Å². The van der Waals surface area contributed by atoms with Gasteiger partial charge < -0.3 is 19.2 Å². The van der Waals surface area contributed by atoms with Crippen LogP contribution in [0.4, 0.5) is 0 Å². The van der Waals surface area contributed by atoms with Crippen LogP contribution in [0.1, 0.15) is 11.3 Å². The van der Waals surface area contributed by atoms with Crippen molar-refractivity contribution in [1.29, 1.82) is 0 Å². The summed E-state index contributed by atoms with van der Waals surface area (Å²) in [5.74, 6) is 1.90. The van der Waals surface area contributed by atoms with E-state index in [0.29, 0.717) is 42.8 Å². The Balaban J connectivity index is 1.53. The predicted molar refractivity (Wildman–Crippen MR) is 89.3 cm³/mol. The van der Waals surface area contributed by atoms with Crippen LogP contribution in [0.15, 0.2) is 34.9 Å². The standard InChI is InChI=1S/C17H19ClN2O4/c1-20(11-16(21)19-9-13-3-2-4-22-13)10-12-7-14(18)17-15(8-12)23-5-6-24-17/h2-4,7-8H,5-6,9-11H2,1H3,(H,19,21). The molecule has 0 saturated carbocycles. The summed E-state index contributed by atoms with van der Waals surface area (Å²) in [6, 6.07) is 7.35. The van der Waals surface area contributed by atoms with Crippen molar-refractivity contribution in [3.63, 3.8) is 0 Å². The Kier molecular flexibility index (Phi) is 5.27. The molecule has 1 aromatic heterocycles. The molecule has 1 aromatic carbocycles. The van der Waals surface area contributed by atoms with Crippen molar-refractivity contribution in [1.82, 2.24) is 10.2 Å². The Labute approximate surface area is 145 Å². The van der Waals surface area contributed by atoms with E-state index in [2.05, 4.69) is 5.32 Å². The fraction of sp³-hybridized carbons (Fsp3) is 0.353. The van der Waals surface area contributed by atoms with Crippen molar-refractivity contribution in [3.8, 4) is 11.5 Å². The van der Waals surface area contributed by atoms with Gasteiger partial charge in [0.15, 0.2) is 11.5 Å². The smallest absolute Gasteiger partial charge is 0.234 e. The summed E-state index contributed by atoms with van der Waals surface area (Å²) in [7, 11) is 1.87. The molecule has 2 aromatic rings. The number of carbonyl (C=O) groups is 1. The molecule has 0 aliphatic carbocycles. The number of likely N-dealkylation sites (N-methyl/N-ethyl adjacent to an activating group) is 1. The Morgan fingerprint density at radius 3 is 2.96 bits per heavy atom. The molecule has 7 heteroatoms. The molecular formula is C17H19ClN2O4. The Morgan fingerprint density at radius 1 is 1.33 bits per heavy atom. The van der Waals surface area contributed by atoms with Crippen molar-refractivity contribution in [3.05, 3.63) is 46.9 Å². The maximum atomic E-state index is 12.0. The van der Waals surface area contributed by atoms with Gasteiger partial charge in [0.25, 0.3) is 0 Å². The third kappa shape index (κ3) is 4.21. The average molecular weight is 351 g/mol. The summed E-state index contributed by atoms with van der Waals surface area (Å²) in [5, 5.41) is 3.34. The van der Waals surface area contributed by atoms with Crippen LogP contribution >= 0.6 is 11.6 Å². The number of nitrogens with one attached hydrogen (secondary N) is 1. The number of rotatable bonds is 6. The number of carbonyl (C=O) groups excluding carboxylic acids is 1. The van der Waals surface area contributed by atoms with Gasteiger partial charge >= 0.3 is 0 Å². The van der Waals surface area contributed by atoms with Crippen LogP contribution in [0.3, 0.4) is 0 Å². The van der Waals surface area contributed by atoms with Crippen LogP contribution in [-0.4, -0.2) is 37.6 Å². The second-order valence-electron chi connectivity index (χ2n) is 5.63. The zero-order valence-corrected chi connectivity index (χ0v) is 14.1. The number of ether oxygens (including phenoxy) is 2. The normalized spacial score (nSPS) is 13.1. The first kappa shape index (κ1) is 16.7. The van der Waals surface area contributed by atoms with Crippen molar-refractivity contribution < 1.29 is 18.7 Å². The molecule has 2 heterocycles. The predicted octanol–water partition coefficient (Wildman–Crippen LogP) is 2.45. The minimum Gasteiger partial charge on any atom is -0.486 e. The molecule has 0 bridgehead atoms. The van der Waals surface area contributed by atoms with Gasteiger partial charge in [0.2, 0.25) is 5.91 Å². The van der Waals surface area contributed by atoms with E-state index in [1.54, 1.807) is 12.3 Å². The summed E-state index contributed by atoms with van der Waals surface area (Å²) in [4.78, 5) is 13.9. The lowest BCUT2D eigenvalue weighted by Gasteiger charge is -2.22. The van der Waals surface area contributed by atoms with E-state index in [1.807, 2.05) is 30.1 Å². The number of hydrogen-bond acceptors (Lipinski definition) is 5. The van der Waals surface area contributed by atoms with E-state index in [9.17, 15) is 4.79 Å². The van der Waals surface area contributed by atoms with Crippen molar-refractivity contribution in [2.75, 3.05) is 26.8 Å². The van der Waals surface area contributed by atoms with Crippen LogP contribution in [0, 0.1) is 0 Å². The monoisotopic (exact) mass is 350 g/mol. The van der Waals surface area contributed by atoms with Gasteiger partial charge in [-0.3, -0.25) is 9.69 Å². The molecule has 24 heavy (non-hydrogen) atoms. The number of benzene rings is 1. The average Bonchev–Trinajstić information content (AvgIpc) is 3.06. The number of fused-ring (bicyclic) bond motifs is 1. The number of hydrogen-bond donors (Lipinski definition) is 1. The number of halogens is 1. The lowest BCUT2D eigenvalue weighted by Crippen LogP contribution is -2.34. The largest absolute Gasteiger partial charge is 0.486 e. The van der Waals surface area contributed by atoms with Crippen LogP contribution < -0.4 is 14.8 Å². The van der Waals surface area contributed by atoms with E-state index in [0.717, 1.165) is 11.3 Å². The first-order valence-corrected chi connectivity index (χ1v) is 8.05. The third-order valence-electron chi connectivity index (χ3n) is 3.56. The van der Waals surface area contributed by atoms with Crippen LogP contribution in [0.25, 0.3) is 0 Å². The maximum Gasteiger partial charge on any atom is 0.234 e. The molecule has 128 valence electrons. The van der Waals surface area contributed by atoms with Crippen molar-refractivity contribution in [2.45, 2.75) is 13.1 Å². The van der Waals surface area contributed by atoms with Gasteiger partial charge in [0, 0.05) is 6.54 Å². The van der Waals surface area contributed by atoms with Gasteiger partial charge in [-0.05, 0) is 36.9 Å². The van der Waals surface area contributed by atoms with Crippen LogP contribution in [-0.2, 0) is 17.9 Å². The van der Waals surface area contributed by atoms with E-state index >= 15 is 0 Å². The Hall–Kier alpha value is -2.18. The fourth-order valence-corrected chi connectivity index (χ4v) is 2.81. The number of amides is 1. The highest BCUT2D eigenvalue weighted by Gasteiger charge is 2.17. The molecule has 0 spiro atoms. The molecule has 1 amide bonds. The molecule has 0 fully saturated rings. The number of nitrogens with zero attached hydrogens (tertiary/aromatic N) is 1. The molecule has 1 N–H and O–H groups in total. The summed E-state index contributed by atoms with van der Waals surface area (Å²) in [5.41, 5.74) is 0.964. The zero-order valence-electron chi connectivity index (χ0n) is 13.4. The molecule has 0 saturated heterocycles.